The van der Waals surface area contributed by atoms with Gasteiger partial charge in [-0.1, -0.05) is 60.3 Å². The van der Waals surface area contributed by atoms with Crippen LogP contribution < -0.4 is 9.16 Å². The number of rotatable bonds is 5. The zero-order valence-electron chi connectivity index (χ0n) is 13.5. The zero-order chi connectivity index (χ0) is 16.4. The Bertz CT molecular complexity index is 722. The minimum atomic E-state index is -1.96. The molecule has 3 rings (SSSR count). The summed E-state index contributed by atoms with van der Waals surface area (Å²) >= 11 is 10.8. The van der Waals surface area contributed by atoms with Crippen LogP contribution in [0.25, 0.3) is 0 Å². The first-order valence-electron chi connectivity index (χ1n) is 7.43. The molecule has 0 radical (unpaired) electrons. The molecule has 0 aliphatic heterocycles. The molecule has 0 aromatic heterocycles. The molecule has 2 aromatic carbocycles. The van der Waals surface area contributed by atoms with Crippen LogP contribution in [-0.2, 0) is 8.58 Å². The van der Waals surface area contributed by atoms with Crippen LogP contribution in [0.15, 0.2) is 42.5 Å². The van der Waals surface area contributed by atoms with Crippen LogP contribution in [0.4, 0.5) is 0 Å². The summed E-state index contributed by atoms with van der Waals surface area (Å²) in [5.41, 5.74) is 0. The van der Waals surface area contributed by atoms with E-state index in [-0.39, 0.29) is 16.9 Å². The maximum atomic E-state index is 11.4. The molecule has 2 aromatic rings. The molecule has 5 nitrogen and oxygen atoms in total. The summed E-state index contributed by atoms with van der Waals surface area (Å²) in [6.45, 7) is 1.43. The lowest BCUT2D eigenvalue weighted by Crippen LogP contribution is -2.36. The number of carbonyl (C=O) groups excluding carboxylic acids is 1. The van der Waals surface area contributed by atoms with E-state index in [9.17, 15) is 4.79 Å². The van der Waals surface area contributed by atoms with Crippen molar-refractivity contribution in [1.82, 2.24) is 0 Å². The Hall–Kier alpha value is -1.26. The number of para-hydroxylation sites is 1. The highest BCUT2D eigenvalue weighted by Gasteiger charge is 2.46. The molecule has 0 unspecified atom stereocenters. The number of benzene rings is 2. The average Bonchev–Trinajstić information content (AvgIpc) is 3.34. The van der Waals surface area contributed by atoms with Crippen LogP contribution in [0.5, 0.6) is 11.5 Å². The molecule has 1 saturated carbocycles. The van der Waals surface area contributed by atoms with Crippen LogP contribution in [0.1, 0.15) is 19.8 Å². The van der Waals surface area contributed by atoms with Crippen molar-refractivity contribution in [1.29, 1.82) is 0 Å². The fraction of sp³-hybridized carbons (Fsp3) is 0.235. The maximum absolute atomic E-state index is 11.4. The van der Waals surface area contributed by atoms with Gasteiger partial charge in [-0.15, -0.1) is 0 Å². The van der Waals surface area contributed by atoms with E-state index in [0.717, 1.165) is 17.3 Å². The Kier molecular flexibility index (Phi) is 8.23. The molecule has 0 spiro atoms. The average molecular weight is 399 g/mol. The molecule has 8 heteroatoms. The molecule has 1 aliphatic carbocycles. The number of hydrogen-bond donors (Lipinski definition) is 0. The SMILES string of the molecule is CC(=O)[O][Al]([c]1cc(Cl)cc(Oc2ccccc2)c1Cl)[CH]1CC1.[OH-].[OH-]. The van der Waals surface area contributed by atoms with Crippen molar-refractivity contribution in [2.24, 2.45) is 0 Å². The van der Waals surface area contributed by atoms with Crippen LogP contribution in [0.2, 0.25) is 14.8 Å². The second kappa shape index (κ2) is 9.44. The quantitative estimate of drug-likeness (QED) is 0.697. The summed E-state index contributed by atoms with van der Waals surface area (Å²) < 4.78 is 12.7. The van der Waals surface area contributed by atoms with E-state index in [4.69, 9.17) is 31.7 Å². The lowest BCUT2D eigenvalue weighted by molar-refractivity contribution is -0.132. The third-order valence-electron chi connectivity index (χ3n) is 3.65. The standard InChI is InChI=1S/C12H7Cl2O.C3H5.C2H4O2.Al.2H2O/c13-9-6-7-11(14)12(8-9)15-10-4-2-1-3-5-10;1-2-3-1;1-2(3)4;;;/h1-6,8H;1H,2-3H2;1H3,(H,3,4);;2*1H2/q;;;+1;;/p-3. The smallest absolute Gasteiger partial charge is 0.595 e. The summed E-state index contributed by atoms with van der Waals surface area (Å²) in [4.78, 5) is 11.4. The molecular weight excluding hydrogens is 382 g/mol. The molecule has 1 aliphatic rings. The summed E-state index contributed by atoms with van der Waals surface area (Å²) in [5.74, 6) is 0.903. The molecule has 0 saturated heterocycles. The first kappa shape index (κ1) is 21.8. The van der Waals surface area contributed by atoms with Gasteiger partial charge in [0, 0.05) is 18.0 Å². The summed E-state index contributed by atoms with van der Waals surface area (Å²) in [6, 6.07) is 12.9. The molecule has 1 fully saturated rings. The van der Waals surface area contributed by atoms with Crippen molar-refractivity contribution >= 4 is 48.1 Å². The Morgan fingerprint density at radius 2 is 1.76 bits per heavy atom. The van der Waals surface area contributed by atoms with Crippen molar-refractivity contribution in [3.8, 4) is 11.5 Å². The normalized spacial score (nSPS) is 12.4. The fourth-order valence-corrected chi connectivity index (χ4v) is 5.98. The Balaban J connectivity index is 0.00000156. The molecule has 0 atom stereocenters. The van der Waals surface area contributed by atoms with Gasteiger partial charge in [0.2, 0.25) is 0 Å². The van der Waals surface area contributed by atoms with Gasteiger partial charge in [0.1, 0.15) is 11.5 Å². The fourth-order valence-electron chi connectivity index (χ4n) is 2.47. The van der Waals surface area contributed by atoms with E-state index in [1.165, 1.54) is 6.92 Å². The van der Waals surface area contributed by atoms with Gasteiger partial charge < -0.3 is 19.5 Å². The first-order chi connectivity index (χ1) is 11.0. The largest absolute Gasteiger partial charge is 0.870 e. The van der Waals surface area contributed by atoms with Gasteiger partial charge in [0.25, 0.3) is 5.97 Å². The number of carbonyl (C=O) groups is 1. The van der Waals surface area contributed by atoms with Crippen LogP contribution in [0.3, 0.4) is 0 Å². The highest BCUT2D eigenvalue weighted by Crippen LogP contribution is 2.41. The monoisotopic (exact) mass is 398 g/mol. The van der Waals surface area contributed by atoms with E-state index in [0.29, 0.717) is 26.3 Å². The summed E-state index contributed by atoms with van der Waals surface area (Å²) in [7, 11) is 0. The predicted molar refractivity (Wildman–Crippen MR) is 97.0 cm³/mol. The summed E-state index contributed by atoms with van der Waals surface area (Å²) in [5, 5.41) is 1.02. The van der Waals surface area contributed by atoms with Gasteiger partial charge in [-0.3, -0.25) is 4.79 Å². The third-order valence-corrected chi connectivity index (χ3v) is 7.64. The molecule has 0 heterocycles. The third kappa shape index (κ3) is 5.62. The van der Waals surface area contributed by atoms with Gasteiger partial charge in [-0.25, -0.2) is 0 Å². The van der Waals surface area contributed by atoms with Crippen molar-refractivity contribution < 1.29 is 24.3 Å². The molecule has 25 heavy (non-hydrogen) atoms. The highest BCUT2D eigenvalue weighted by molar-refractivity contribution is 6.73. The van der Waals surface area contributed by atoms with E-state index in [1.54, 1.807) is 12.1 Å². The molecule has 134 valence electrons. The molecule has 2 N–H and O–H groups in total. The maximum Gasteiger partial charge on any atom is 0.595 e. The first-order valence-corrected chi connectivity index (χ1v) is 9.91. The highest BCUT2D eigenvalue weighted by atomic mass is 35.5. The van der Waals surface area contributed by atoms with Crippen LogP contribution in [0, 0.1) is 0 Å². The van der Waals surface area contributed by atoms with E-state index >= 15 is 0 Å². The number of halogens is 2. The van der Waals surface area contributed by atoms with Gasteiger partial charge in [0.05, 0.1) is 5.02 Å². The van der Waals surface area contributed by atoms with Gasteiger partial charge >= 0.3 is 14.5 Å². The van der Waals surface area contributed by atoms with Gasteiger partial charge in [0.15, 0.2) is 0 Å². The topological polar surface area (TPSA) is 95.5 Å². The Morgan fingerprint density at radius 1 is 1.12 bits per heavy atom. The van der Waals surface area contributed by atoms with Crippen LogP contribution >= 0.6 is 23.2 Å². The molecule has 0 amide bonds. The van der Waals surface area contributed by atoms with Crippen molar-refractivity contribution in [3.05, 3.63) is 52.5 Å². The number of hydrogen-bond acceptors (Lipinski definition) is 5. The Labute approximate surface area is 160 Å². The second-order valence-electron chi connectivity index (χ2n) is 5.59. The van der Waals surface area contributed by atoms with Crippen molar-refractivity contribution in [2.75, 3.05) is 0 Å². The van der Waals surface area contributed by atoms with Gasteiger partial charge in [-0.2, -0.15) is 0 Å². The minimum Gasteiger partial charge on any atom is -0.870 e. The minimum absolute atomic E-state index is 0. The van der Waals surface area contributed by atoms with E-state index in [1.807, 2.05) is 30.3 Å². The van der Waals surface area contributed by atoms with E-state index in [2.05, 4.69) is 0 Å². The predicted octanol–water partition coefficient (Wildman–Crippen LogP) is 4.36. The van der Waals surface area contributed by atoms with E-state index < -0.39 is 14.5 Å². The molecular formula is C17H17AlCl2O5-2. The lowest BCUT2D eigenvalue weighted by Gasteiger charge is -2.16. The van der Waals surface area contributed by atoms with Crippen molar-refractivity contribution in [2.45, 2.75) is 24.5 Å². The number of ether oxygens (including phenoxy) is 1. The lowest BCUT2D eigenvalue weighted by atomic mass is 10.3. The van der Waals surface area contributed by atoms with Crippen molar-refractivity contribution in [3.63, 3.8) is 0 Å². The van der Waals surface area contributed by atoms with Gasteiger partial charge in [-0.05, 0) is 21.3 Å². The second-order valence-corrected chi connectivity index (χ2v) is 9.05. The zero-order valence-corrected chi connectivity index (χ0v) is 16.2. The molecule has 0 bridgehead atoms. The van der Waals surface area contributed by atoms with Crippen LogP contribution in [-0.4, -0.2) is 31.4 Å². The Morgan fingerprint density at radius 3 is 2.32 bits per heavy atom. The summed E-state index contributed by atoms with van der Waals surface area (Å²) in [6.07, 6.45) is 2.14.